The first kappa shape index (κ1) is 72.3. The van der Waals surface area contributed by atoms with Gasteiger partial charge < -0.3 is 20.3 Å². The molecule has 0 fully saturated rings. The molecule has 0 heterocycles. The zero-order valence-corrected chi connectivity index (χ0v) is 50.1. The van der Waals surface area contributed by atoms with Crippen LogP contribution in [-0.2, 0) is 14.3 Å². The SMILES string of the molecule is CCCCCCCCCCCCCCCCCCC(=O)OCCCCCCCCCCC/C=C\C/C=C\CCCCCCCCCCCC(=O)NC(CO)C(O)CCCCCCCCCCCCCCCCCC. The smallest absolute Gasteiger partial charge is 0.305 e. The molecule has 0 aliphatic heterocycles. The quantitative estimate of drug-likeness (QED) is 0.0320. The van der Waals surface area contributed by atoms with E-state index in [2.05, 4.69) is 43.5 Å². The highest BCUT2D eigenvalue weighted by Gasteiger charge is 2.20. The minimum Gasteiger partial charge on any atom is -0.466 e. The predicted molar refractivity (Wildman–Crippen MR) is 324 cm³/mol. The van der Waals surface area contributed by atoms with Crippen molar-refractivity contribution in [1.82, 2.24) is 5.32 Å². The van der Waals surface area contributed by atoms with E-state index in [-0.39, 0.29) is 18.5 Å². The van der Waals surface area contributed by atoms with Crippen LogP contribution in [0.2, 0.25) is 0 Å². The Bertz CT molecular complexity index is 1150. The van der Waals surface area contributed by atoms with E-state index in [9.17, 15) is 19.8 Å². The Morgan fingerprint density at radius 2 is 0.676 bits per heavy atom. The molecule has 6 nitrogen and oxygen atoms in total. The van der Waals surface area contributed by atoms with Gasteiger partial charge in [0.1, 0.15) is 0 Å². The number of allylic oxidation sites excluding steroid dienone is 4. The first-order chi connectivity index (χ1) is 36.5. The average molecular weight is 1040 g/mol. The summed E-state index contributed by atoms with van der Waals surface area (Å²) in [6.45, 7) is 4.98. The molecule has 0 aliphatic rings. The molecule has 0 radical (unpaired) electrons. The van der Waals surface area contributed by atoms with Crippen LogP contribution in [0.1, 0.15) is 373 Å². The lowest BCUT2D eigenvalue weighted by molar-refractivity contribution is -0.143. The molecule has 74 heavy (non-hydrogen) atoms. The van der Waals surface area contributed by atoms with E-state index in [1.54, 1.807) is 0 Å². The standard InChI is InChI=1S/C68H131NO5/c1-3-5-7-9-11-13-15-17-19-32-36-40-44-48-52-56-60-66(71)65(64-70)69-67(72)61-57-53-49-45-41-37-33-30-28-26-24-22-21-23-25-27-29-31-35-39-43-47-51-55-59-63-74-68(73)62-58-54-50-46-42-38-34-20-18-16-14-12-10-8-6-4-2/h22-25,65-66,70-71H,3-21,26-64H2,1-2H3,(H,69,72)/b24-22-,25-23-. The van der Waals surface area contributed by atoms with Crippen LogP contribution in [0.5, 0.6) is 0 Å². The fraction of sp³-hybridized carbons (Fsp3) is 0.912. The van der Waals surface area contributed by atoms with Gasteiger partial charge in [-0.15, -0.1) is 0 Å². The molecule has 2 atom stereocenters. The van der Waals surface area contributed by atoms with Crippen LogP contribution in [0.4, 0.5) is 0 Å². The lowest BCUT2D eigenvalue weighted by Gasteiger charge is -2.22. The summed E-state index contributed by atoms with van der Waals surface area (Å²) in [5.74, 6) is -0.0253. The Balaban J connectivity index is 3.41. The molecular weight excluding hydrogens is 911 g/mol. The number of hydrogen-bond acceptors (Lipinski definition) is 5. The molecule has 0 aromatic heterocycles. The van der Waals surface area contributed by atoms with Gasteiger partial charge in [0.25, 0.3) is 0 Å². The molecule has 0 bridgehead atoms. The molecule has 6 heteroatoms. The second-order valence-electron chi connectivity index (χ2n) is 23.2. The number of rotatable bonds is 63. The lowest BCUT2D eigenvalue weighted by Crippen LogP contribution is -2.45. The molecule has 0 saturated carbocycles. The monoisotopic (exact) mass is 1040 g/mol. The number of amides is 1. The van der Waals surface area contributed by atoms with E-state index in [4.69, 9.17) is 4.74 Å². The van der Waals surface area contributed by atoms with E-state index >= 15 is 0 Å². The normalized spacial score (nSPS) is 12.6. The lowest BCUT2D eigenvalue weighted by atomic mass is 10.0. The van der Waals surface area contributed by atoms with Gasteiger partial charge in [0.05, 0.1) is 25.4 Å². The average Bonchev–Trinajstić information content (AvgIpc) is 3.40. The molecule has 1 amide bonds. The summed E-state index contributed by atoms with van der Waals surface area (Å²) in [6.07, 6.45) is 79.2. The topological polar surface area (TPSA) is 95.9 Å². The van der Waals surface area contributed by atoms with Crippen LogP contribution in [0.3, 0.4) is 0 Å². The molecule has 0 aromatic carbocycles. The third-order valence-electron chi connectivity index (χ3n) is 15.8. The van der Waals surface area contributed by atoms with Crippen molar-refractivity contribution in [3.63, 3.8) is 0 Å². The van der Waals surface area contributed by atoms with Gasteiger partial charge in [-0.25, -0.2) is 0 Å². The maximum absolute atomic E-state index is 12.5. The number of nitrogens with one attached hydrogen (secondary N) is 1. The summed E-state index contributed by atoms with van der Waals surface area (Å²) in [5, 5.41) is 23.3. The zero-order chi connectivity index (χ0) is 53.6. The van der Waals surface area contributed by atoms with Crippen LogP contribution < -0.4 is 5.32 Å². The molecule has 2 unspecified atom stereocenters. The highest BCUT2D eigenvalue weighted by atomic mass is 16.5. The van der Waals surface area contributed by atoms with Gasteiger partial charge in [0, 0.05) is 12.8 Å². The Morgan fingerprint density at radius 1 is 0.378 bits per heavy atom. The van der Waals surface area contributed by atoms with Crippen LogP contribution in [0.15, 0.2) is 24.3 Å². The molecule has 438 valence electrons. The molecule has 0 rings (SSSR count). The second-order valence-corrected chi connectivity index (χ2v) is 23.2. The van der Waals surface area contributed by atoms with Gasteiger partial charge in [0.15, 0.2) is 0 Å². The first-order valence-electron chi connectivity index (χ1n) is 33.6. The van der Waals surface area contributed by atoms with Gasteiger partial charge in [-0.1, -0.05) is 327 Å². The second kappa shape index (κ2) is 63.9. The van der Waals surface area contributed by atoms with Gasteiger partial charge in [-0.2, -0.15) is 0 Å². The summed E-state index contributed by atoms with van der Waals surface area (Å²) in [7, 11) is 0. The van der Waals surface area contributed by atoms with E-state index in [0.717, 1.165) is 44.9 Å². The van der Waals surface area contributed by atoms with Crippen molar-refractivity contribution < 1.29 is 24.5 Å². The number of aliphatic hydroxyl groups excluding tert-OH is 2. The minimum atomic E-state index is -0.668. The van der Waals surface area contributed by atoms with Gasteiger partial charge in [0.2, 0.25) is 5.91 Å². The molecular formula is C68H131NO5. The van der Waals surface area contributed by atoms with E-state index in [1.165, 1.54) is 295 Å². The number of aliphatic hydroxyl groups is 2. The largest absolute Gasteiger partial charge is 0.466 e. The van der Waals surface area contributed by atoms with Crippen molar-refractivity contribution in [2.45, 2.75) is 386 Å². The summed E-state index contributed by atoms with van der Waals surface area (Å²) in [4.78, 5) is 24.6. The van der Waals surface area contributed by atoms with Crippen LogP contribution >= 0.6 is 0 Å². The Labute approximate surface area is 462 Å². The number of carbonyl (C=O) groups excluding carboxylic acids is 2. The fourth-order valence-corrected chi connectivity index (χ4v) is 10.6. The highest BCUT2D eigenvalue weighted by molar-refractivity contribution is 5.76. The maximum atomic E-state index is 12.5. The third kappa shape index (κ3) is 59.6. The fourth-order valence-electron chi connectivity index (χ4n) is 10.6. The van der Waals surface area contributed by atoms with E-state index < -0.39 is 12.1 Å². The summed E-state index contributed by atoms with van der Waals surface area (Å²) in [5.41, 5.74) is 0. The molecule has 0 saturated heterocycles. The molecule has 0 aliphatic carbocycles. The molecule has 0 aromatic rings. The highest BCUT2D eigenvalue weighted by Crippen LogP contribution is 2.18. The van der Waals surface area contributed by atoms with Crippen molar-refractivity contribution in [1.29, 1.82) is 0 Å². The number of esters is 1. The molecule has 3 N–H and O–H groups in total. The number of unbranched alkanes of at least 4 members (excludes halogenated alkanes) is 48. The van der Waals surface area contributed by atoms with E-state index in [0.29, 0.717) is 25.9 Å². The summed E-state index contributed by atoms with van der Waals surface area (Å²) in [6, 6.07) is -0.546. The van der Waals surface area contributed by atoms with Crippen molar-refractivity contribution in [2.24, 2.45) is 0 Å². The maximum Gasteiger partial charge on any atom is 0.305 e. The first-order valence-corrected chi connectivity index (χ1v) is 33.6. The van der Waals surface area contributed by atoms with Gasteiger partial charge in [-0.05, 0) is 57.8 Å². The van der Waals surface area contributed by atoms with Crippen LogP contribution in [0.25, 0.3) is 0 Å². The van der Waals surface area contributed by atoms with Gasteiger partial charge >= 0.3 is 5.97 Å². The number of ether oxygens (including phenoxy) is 1. The third-order valence-corrected chi connectivity index (χ3v) is 15.8. The zero-order valence-electron chi connectivity index (χ0n) is 50.1. The Hall–Kier alpha value is -1.66. The van der Waals surface area contributed by atoms with Crippen molar-refractivity contribution >= 4 is 11.9 Å². The summed E-state index contributed by atoms with van der Waals surface area (Å²) < 4.78 is 5.49. The van der Waals surface area contributed by atoms with Gasteiger partial charge in [-0.3, -0.25) is 9.59 Å². The molecule has 0 spiro atoms. The van der Waals surface area contributed by atoms with Crippen LogP contribution in [0, 0.1) is 0 Å². The number of carbonyl (C=O) groups is 2. The van der Waals surface area contributed by atoms with E-state index in [1.807, 2.05) is 0 Å². The Kier molecular flexibility index (Phi) is 62.4. The summed E-state index contributed by atoms with van der Waals surface area (Å²) >= 11 is 0. The van der Waals surface area contributed by atoms with Crippen LogP contribution in [-0.4, -0.2) is 47.4 Å². The number of hydrogen-bond donors (Lipinski definition) is 3. The minimum absolute atomic E-state index is 0.0131. The Morgan fingerprint density at radius 3 is 1.03 bits per heavy atom. The van der Waals surface area contributed by atoms with Crippen molar-refractivity contribution in [3.8, 4) is 0 Å². The van der Waals surface area contributed by atoms with Crippen molar-refractivity contribution in [3.05, 3.63) is 24.3 Å². The van der Waals surface area contributed by atoms with Crippen molar-refractivity contribution in [2.75, 3.05) is 13.2 Å². The predicted octanol–water partition coefficient (Wildman–Crippen LogP) is 21.4.